The molecule has 3 N–H and O–H groups in total. The van der Waals surface area contributed by atoms with Gasteiger partial charge in [0.05, 0.1) is 30.6 Å². The Kier molecular flexibility index (Phi) is 4.35. The summed E-state index contributed by atoms with van der Waals surface area (Å²) >= 11 is 0. The fraction of sp³-hybridized carbons (Fsp3) is 0.643. The molecule has 6 heteroatoms. The third-order valence-corrected chi connectivity index (χ3v) is 3.17. The van der Waals surface area contributed by atoms with Gasteiger partial charge in [-0.25, -0.2) is 0 Å². The number of anilines is 2. The molecule has 0 amide bonds. The summed E-state index contributed by atoms with van der Waals surface area (Å²) < 4.78 is 11.2. The van der Waals surface area contributed by atoms with Crippen molar-refractivity contribution in [3.8, 4) is 5.88 Å². The molecule has 0 aromatic carbocycles. The van der Waals surface area contributed by atoms with Crippen molar-refractivity contribution in [2.24, 2.45) is 0 Å². The minimum atomic E-state index is -0.333. The number of aliphatic hydroxyl groups is 1. The predicted octanol–water partition coefficient (Wildman–Crippen LogP) is 1.04. The first-order valence-electron chi connectivity index (χ1n) is 6.88. The van der Waals surface area contributed by atoms with E-state index < -0.39 is 0 Å². The number of pyridine rings is 1. The van der Waals surface area contributed by atoms with Crippen LogP contribution in [0.1, 0.15) is 20.8 Å². The maximum Gasteiger partial charge on any atom is 0.239 e. The average Bonchev–Trinajstić information content (AvgIpc) is 2.39. The molecule has 1 atom stereocenters. The van der Waals surface area contributed by atoms with E-state index in [-0.39, 0.29) is 18.3 Å². The number of ether oxygens (including phenoxy) is 2. The molecular formula is C14H23N3O3. The normalized spacial score (nSPS) is 21.8. The zero-order chi connectivity index (χ0) is 14.8. The Hall–Kier alpha value is -1.53. The second-order valence-electron chi connectivity index (χ2n) is 5.56. The topological polar surface area (TPSA) is 80.8 Å². The zero-order valence-corrected chi connectivity index (χ0v) is 12.3. The van der Waals surface area contributed by atoms with Crippen molar-refractivity contribution in [3.63, 3.8) is 0 Å². The number of aromatic nitrogens is 1. The second kappa shape index (κ2) is 5.85. The Morgan fingerprint density at radius 3 is 2.95 bits per heavy atom. The fourth-order valence-corrected chi connectivity index (χ4v) is 2.44. The van der Waals surface area contributed by atoms with Gasteiger partial charge in [-0.3, -0.25) is 0 Å². The Labute approximate surface area is 119 Å². The van der Waals surface area contributed by atoms with Crippen LogP contribution in [0.3, 0.4) is 0 Å². The highest BCUT2D eigenvalue weighted by atomic mass is 16.5. The smallest absolute Gasteiger partial charge is 0.239 e. The van der Waals surface area contributed by atoms with Gasteiger partial charge in [-0.05, 0) is 32.9 Å². The average molecular weight is 281 g/mol. The maximum absolute atomic E-state index is 9.35. The van der Waals surface area contributed by atoms with Crippen LogP contribution in [0.15, 0.2) is 12.1 Å². The molecule has 0 spiro atoms. The summed E-state index contributed by atoms with van der Waals surface area (Å²) in [5.41, 5.74) is 6.04. The van der Waals surface area contributed by atoms with Gasteiger partial charge in [0.15, 0.2) is 0 Å². The van der Waals surface area contributed by atoms with Gasteiger partial charge in [-0.2, -0.15) is 4.98 Å². The molecule has 20 heavy (non-hydrogen) atoms. The van der Waals surface area contributed by atoms with E-state index in [0.717, 1.165) is 5.82 Å². The molecule has 1 saturated heterocycles. The molecule has 1 aliphatic rings. The molecule has 112 valence electrons. The molecule has 0 saturated carbocycles. The molecule has 1 fully saturated rings. The van der Waals surface area contributed by atoms with E-state index in [1.54, 1.807) is 6.07 Å². The number of hydrogen-bond acceptors (Lipinski definition) is 6. The van der Waals surface area contributed by atoms with Crippen LogP contribution in [0.2, 0.25) is 0 Å². The van der Waals surface area contributed by atoms with E-state index in [1.807, 2.05) is 26.8 Å². The van der Waals surface area contributed by atoms with Gasteiger partial charge in [-0.15, -0.1) is 0 Å². The van der Waals surface area contributed by atoms with Gasteiger partial charge in [0, 0.05) is 13.1 Å². The highest BCUT2D eigenvalue weighted by Crippen LogP contribution is 2.28. The molecule has 6 nitrogen and oxygen atoms in total. The first-order chi connectivity index (χ1) is 9.45. The van der Waals surface area contributed by atoms with Crippen molar-refractivity contribution in [1.29, 1.82) is 0 Å². The van der Waals surface area contributed by atoms with E-state index in [2.05, 4.69) is 9.88 Å². The van der Waals surface area contributed by atoms with Crippen molar-refractivity contribution < 1.29 is 14.6 Å². The molecule has 1 aliphatic heterocycles. The summed E-state index contributed by atoms with van der Waals surface area (Å²) in [5.74, 6) is 1.24. The van der Waals surface area contributed by atoms with Crippen LogP contribution >= 0.6 is 0 Å². The SMILES string of the molecule is CCOc1nc(N2CC(CO)OC(C)(C)C2)ccc1N. The van der Waals surface area contributed by atoms with Crippen molar-refractivity contribution in [2.75, 3.05) is 36.9 Å². The quantitative estimate of drug-likeness (QED) is 0.858. The van der Waals surface area contributed by atoms with Crippen molar-refractivity contribution in [3.05, 3.63) is 12.1 Å². The summed E-state index contributed by atoms with van der Waals surface area (Å²) in [6.45, 7) is 7.72. The van der Waals surface area contributed by atoms with Gasteiger partial charge >= 0.3 is 0 Å². The van der Waals surface area contributed by atoms with Crippen LogP contribution < -0.4 is 15.4 Å². The first-order valence-corrected chi connectivity index (χ1v) is 6.88. The fourth-order valence-electron chi connectivity index (χ4n) is 2.44. The highest BCUT2D eigenvalue weighted by Gasteiger charge is 2.33. The van der Waals surface area contributed by atoms with Gasteiger partial charge in [-0.1, -0.05) is 0 Å². The number of nitrogens with zero attached hydrogens (tertiary/aromatic N) is 2. The van der Waals surface area contributed by atoms with Crippen LogP contribution in [0, 0.1) is 0 Å². The second-order valence-corrected chi connectivity index (χ2v) is 5.56. The highest BCUT2D eigenvalue weighted by molar-refractivity contribution is 5.55. The van der Waals surface area contributed by atoms with Gasteiger partial charge < -0.3 is 25.2 Å². The van der Waals surface area contributed by atoms with Gasteiger partial charge in [0.2, 0.25) is 5.88 Å². The summed E-state index contributed by atoms with van der Waals surface area (Å²) in [7, 11) is 0. The molecule has 2 heterocycles. The van der Waals surface area contributed by atoms with Crippen molar-refractivity contribution >= 4 is 11.5 Å². The lowest BCUT2D eigenvalue weighted by Gasteiger charge is -2.42. The van der Waals surface area contributed by atoms with Crippen LogP contribution in [0.25, 0.3) is 0 Å². The monoisotopic (exact) mass is 281 g/mol. The number of morpholine rings is 1. The number of hydrogen-bond donors (Lipinski definition) is 2. The number of rotatable bonds is 4. The Morgan fingerprint density at radius 1 is 1.55 bits per heavy atom. The summed E-state index contributed by atoms with van der Waals surface area (Å²) in [6.07, 6.45) is -0.214. The Morgan fingerprint density at radius 2 is 2.30 bits per heavy atom. The molecule has 1 aromatic heterocycles. The molecule has 1 aromatic rings. The minimum Gasteiger partial charge on any atom is -0.476 e. The third kappa shape index (κ3) is 3.32. The summed E-state index contributed by atoms with van der Waals surface area (Å²) in [5, 5.41) is 9.35. The van der Waals surface area contributed by atoms with Crippen LogP contribution in [0.5, 0.6) is 5.88 Å². The summed E-state index contributed by atoms with van der Waals surface area (Å²) in [4.78, 5) is 6.55. The Bertz CT molecular complexity index is 465. The molecule has 0 aliphatic carbocycles. The van der Waals surface area contributed by atoms with E-state index in [0.29, 0.717) is 31.3 Å². The third-order valence-electron chi connectivity index (χ3n) is 3.17. The lowest BCUT2D eigenvalue weighted by Crippen LogP contribution is -2.54. The molecule has 0 radical (unpaired) electrons. The largest absolute Gasteiger partial charge is 0.476 e. The first kappa shape index (κ1) is 14.9. The lowest BCUT2D eigenvalue weighted by molar-refractivity contribution is -0.101. The van der Waals surface area contributed by atoms with E-state index in [4.69, 9.17) is 15.2 Å². The van der Waals surface area contributed by atoms with E-state index >= 15 is 0 Å². The van der Waals surface area contributed by atoms with Crippen molar-refractivity contribution in [2.45, 2.75) is 32.5 Å². The molecule has 0 bridgehead atoms. The predicted molar refractivity (Wildman–Crippen MR) is 78.1 cm³/mol. The number of aliphatic hydroxyl groups excluding tert-OH is 1. The van der Waals surface area contributed by atoms with Crippen molar-refractivity contribution in [1.82, 2.24) is 4.98 Å². The summed E-state index contributed by atoms with van der Waals surface area (Å²) in [6, 6.07) is 3.66. The molecule has 2 rings (SSSR count). The zero-order valence-electron chi connectivity index (χ0n) is 12.3. The number of nitrogen functional groups attached to an aromatic ring is 1. The van der Waals surface area contributed by atoms with Gasteiger partial charge in [0.25, 0.3) is 0 Å². The Balaban J connectivity index is 2.23. The van der Waals surface area contributed by atoms with Gasteiger partial charge in [0.1, 0.15) is 5.82 Å². The van der Waals surface area contributed by atoms with Crippen LogP contribution in [0.4, 0.5) is 11.5 Å². The minimum absolute atomic E-state index is 0.00673. The molecular weight excluding hydrogens is 258 g/mol. The molecule has 1 unspecified atom stereocenters. The van der Waals surface area contributed by atoms with E-state index in [1.165, 1.54) is 0 Å². The standard InChI is InChI=1S/C14H23N3O3/c1-4-19-13-11(15)5-6-12(16-13)17-7-10(8-18)20-14(2,3)9-17/h5-6,10,18H,4,7-9,15H2,1-3H3. The van der Waals surface area contributed by atoms with Crippen LogP contribution in [-0.4, -0.2) is 48.1 Å². The lowest BCUT2D eigenvalue weighted by atomic mass is 10.1. The van der Waals surface area contributed by atoms with Crippen LogP contribution in [-0.2, 0) is 4.74 Å². The maximum atomic E-state index is 9.35. The number of nitrogens with two attached hydrogens (primary N) is 1. The van der Waals surface area contributed by atoms with E-state index in [9.17, 15) is 5.11 Å².